The quantitative estimate of drug-likeness (QED) is 0.787. The zero-order valence-corrected chi connectivity index (χ0v) is 10.4. The van der Waals surface area contributed by atoms with Crippen LogP contribution in [0.1, 0.15) is 25.0 Å². The molecule has 0 unspecified atom stereocenters. The van der Waals surface area contributed by atoms with Crippen molar-refractivity contribution in [3.05, 3.63) is 23.3 Å². The van der Waals surface area contributed by atoms with Crippen LogP contribution in [0.15, 0.2) is 12.1 Å². The second kappa shape index (κ2) is 4.94. The average Bonchev–Trinajstić information content (AvgIpc) is 2.14. The molecule has 0 bridgehead atoms. The summed E-state index contributed by atoms with van der Waals surface area (Å²) in [5, 5.41) is 9.51. The molecule has 2 heteroatoms. The summed E-state index contributed by atoms with van der Waals surface area (Å²) in [5.74, 6) is 2.99. The number of nitrogens with zero attached hydrogens (tertiary/aromatic N) is 1. The molecule has 0 aromatic heterocycles. The molecule has 0 amide bonds. The van der Waals surface area contributed by atoms with Crippen molar-refractivity contribution >= 4 is 5.69 Å². The van der Waals surface area contributed by atoms with Crippen molar-refractivity contribution in [3.63, 3.8) is 0 Å². The second-order valence-corrected chi connectivity index (χ2v) is 4.35. The summed E-state index contributed by atoms with van der Waals surface area (Å²) in [4.78, 5) is 2.17. The molecule has 1 rings (SSSR count). The number of hydrogen-bond donors (Lipinski definition) is 1. The normalized spacial score (nSPS) is 10.2. The predicted molar refractivity (Wildman–Crippen MR) is 68.9 cm³/mol. The Morgan fingerprint density at radius 3 is 2.19 bits per heavy atom. The van der Waals surface area contributed by atoms with E-state index in [0.717, 1.165) is 16.8 Å². The van der Waals surface area contributed by atoms with Crippen LogP contribution in [-0.4, -0.2) is 17.7 Å². The molecule has 16 heavy (non-hydrogen) atoms. The zero-order valence-electron chi connectivity index (χ0n) is 10.4. The van der Waals surface area contributed by atoms with Crippen molar-refractivity contribution in [2.24, 2.45) is 0 Å². The van der Waals surface area contributed by atoms with Gasteiger partial charge >= 0.3 is 0 Å². The molecule has 1 aromatic carbocycles. The van der Waals surface area contributed by atoms with Gasteiger partial charge in [-0.2, -0.15) is 0 Å². The van der Waals surface area contributed by atoms with Crippen LogP contribution in [0.2, 0.25) is 0 Å². The summed E-state index contributed by atoms with van der Waals surface area (Å²) in [5.41, 5.74) is 3.24. The summed E-state index contributed by atoms with van der Waals surface area (Å²) in [7, 11) is 0. The fourth-order valence-electron chi connectivity index (χ4n) is 2.00. The van der Waals surface area contributed by atoms with Crippen molar-refractivity contribution in [2.45, 2.75) is 33.7 Å². The Kier molecular flexibility index (Phi) is 3.84. The number of aromatic hydroxyl groups is 1. The van der Waals surface area contributed by atoms with Crippen molar-refractivity contribution in [1.29, 1.82) is 0 Å². The fourth-order valence-corrected chi connectivity index (χ4v) is 2.00. The maximum absolute atomic E-state index is 9.51. The minimum atomic E-state index is 0.308. The van der Waals surface area contributed by atoms with Crippen LogP contribution in [0.4, 0.5) is 5.69 Å². The second-order valence-electron chi connectivity index (χ2n) is 4.35. The largest absolute Gasteiger partial charge is 0.508 e. The van der Waals surface area contributed by atoms with Gasteiger partial charge in [-0.3, -0.25) is 0 Å². The molecule has 1 N–H and O–H groups in total. The van der Waals surface area contributed by atoms with Gasteiger partial charge in [-0.1, -0.05) is 5.92 Å². The number of benzene rings is 1. The van der Waals surface area contributed by atoms with Gasteiger partial charge in [0.25, 0.3) is 0 Å². The highest BCUT2D eigenvalue weighted by Gasteiger charge is 2.14. The highest BCUT2D eigenvalue weighted by Crippen LogP contribution is 2.29. The van der Waals surface area contributed by atoms with E-state index in [0.29, 0.717) is 18.3 Å². The summed E-state index contributed by atoms with van der Waals surface area (Å²) >= 11 is 0. The number of anilines is 1. The van der Waals surface area contributed by atoms with Gasteiger partial charge in [0.05, 0.1) is 6.54 Å². The Morgan fingerprint density at radius 1 is 1.31 bits per heavy atom. The first-order valence-corrected chi connectivity index (χ1v) is 5.47. The van der Waals surface area contributed by atoms with E-state index in [2.05, 4.69) is 24.7 Å². The maximum atomic E-state index is 9.51. The molecule has 86 valence electrons. The molecule has 0 spiro atoms. The van der Waals surface area contributed by atoms with E-state index in [-0.39, 0.29) is 0 Å². The molecule has 0 saturated heterocycles. The summed E-state index contributed by atoms with van der Waals surface area (Å²) in [6, 6.07) is 3.89. The number of terminal acetylenes is 1. The average molecular weight is 217 g/mol. The van der Waals surface area contributed by atoms with E-state index in [1.165, 1.54) is 0 Å². The standard InChI is InChI=1S/C14H19NO/c1-6-7-15(10(2)3)14-11(4)8-13(16)9-12(14)5/h1,8-10,16H,7H2,2-5H3. The van der Waals surface area contributed by atoms with Crippen LogP contribution in [0.3, 0.4) is 0 Å². The molecule has 0 aliphatic heterocycles. The molecule has 2 nitrogen and oxygen atoms in total. The van der Waals surface area contributed by atoms with E-state index in [9.17, 15) is 5.11 Å². The topological polar surface area (TPSA) is 23.5 Å². The molecular weight excluding hydrogens is 198 g/mol. The Balaban J connectivity index is 3.25. The Morgan fingerprint density at radius 2 is 1.81 bits per heavy atom. The third kappa shape index (κ3) is 2.49. The molecule has 0 radical (unpaired) electrons. The van der Waals surface area contributed by atoms with E-state index in [4.69, 9.17) is 6.42 Å². The maximum Gasteiger partial charge on any atom is 0.116 e. The monoisotopic (exact) mass is 217 g/mol. The number of hydrogen-bond acceptors (Lipinski definition) is 2. The third-order valence-electron chi connectivity index (χ3n) is 2.65. The summed E-state index contributed by atoms with van der Waals surface area (Å²) < 4.78 is 0. The lowest BCUT2D eigenvalue weighted by Crippen LogP contribution is -2.32. The molecular formula is C14H19NO. The first kappa shape index (κ1) is 12.4. The van der Waals surface area contributed by atoms with Gasteiger partial charge in [0, 0.05) is 11.7 Å². The van der Waals surface area contributed by atoms with Crippen LogP contribution in [0.25, 0.3) is 0 Å². The minimum Gasteiger partial charge on any atom is -0.508 e. The van der Waals surface area contributed by atoms with Crippen molar-refractivity contribution < 1.29 is 5.11 Å². The summed E-state index contributed by atoms with van der Waals surface area (Å²) in [6.07, 6.45) is 5.39. The minimum absolute atomic E-state index is 0.308. The van der Waals surface area contributed by atoms with E-state index in [1.54, 1.807) is 12.1 Å². The van der Waals surface area contributed by atoms with Crippen LogP contribution >= 0.6 is 0 Å². The van der Waals surface area contributed by atoms with E-state index < -0.39 is 0 Å². The van der Waals surface area contributed by atoms with Gasteiger partial charge in [-0.25, -0.2) is 0 Å². The van der Waals surface area contributed by atoms with Gasteiger partial charge in [0.15, 0.2) is 0 Å². The van der Waals surface area contributed by atoms with E-state index >= 15 is 0 Å². The first-order chi connectivity index (χ1) is 7.47. The van der Waals surface area contributed by atoms with Crippen LogP contribution in [0, 0.1) is 26.2 Å². The predicted octanol–water partition coefficient (Wildman–Crippen LogP) is 2.86. The lowest BCUT2D eigenvalue weighted by molar-refractivity contribution is 0.474. The third-order valence-corrected chi connectivity index (χ3v) is 2.65. The fraction of sp³-hybridized carbons (Fsp3) is 0.429. The number of phenolic OH excluding ortho intramolecular Hbond substituents is 1. The Hall–Kier alpha value is -1.62. The Labute approximate surface area is 97.9 Å². The molecule has 0 heterocycles. The van der Waals surface area contributed by atoms with Crippen LogP contribution < -0.4 is 4.90 Å². The van der Waals surface area contributed by atoms with Crippen LogP contribution in [0.5, 0.6) is 5.75 Å². The molecule has 0 fully saturated rings. The number of aryl methyl sites for hydroxylation is 2. The summed E-state index contributed by atoms with van der Waals surface area (Å²) in [6.45, 7) is 8.80. The SMILES string of the molecule is C#CCN(c1c(C)cc(O)cc1C)C(C)C. The van der Waals surface area contributed by atoms with Crippen LogP contribution in [-0.2, 0) is 0 Å². The Bertz CT molecular complexity index is 392. The highest BCUT2D eigenvalue weighted by molar-refractivity contribution is 5.62. The van der Waals surface area contributed by atoms with Crippen molar-refractivity contribution in [3.8, 4) is 18.1 Å². The number of phenols is 1. The van der Waals surface area contributed by atoms with Gasteiger partial charge in [-0.05, 0) is 51.0 Å². The first-order valence-electron chi connectivity index (χ1n) is 5.47. The zero-order chi connectivity index (χ0) is 12.3. The highest BCUT2D eigenvalue weighted by atomic mass is 16.3. The van der Waals surface area contributed by atoms with E-state index in [1.807, 2.05) is 13.8 Å². The van der Waals surface area contributed by atoms with Gasteiger partial charge in [0.2, 0.25) is 0 Å². The number of rotatable bonds is 3. The van der Waals surface area contributed by atoms with Gasteiger partial charge in [0.1, 0.15) is 5.75 Å². The molecule has 0 atom stereocenters. The molecule has 1 aromatic rings. The molecule has 0 aliphatic carbocycles. The molecule has 0 saturated carbocycles. The van der Waals surface area contributed by atoms with Gasteiger partial charge < -0.3 is 10.0 Å². The smallest absolute Gasteiger partial charge is 0.116 e. The lowest BCUT2D eigenvalue weighted by Gasteiger charge is -2.30. The lowest BCUT2D eigenvalue weighted by atomic mass is 10.1. The molecule has 0 aliphatic rings. The van der Waals surface area contributed by atoms with Crippen molar-refractivity contribution in [2.75, 3.05) is 11.4 Å². The van der Waals surface area contributed by atoms with Gasteiger partial charge in [-0.15, -0.1) is 6.42 Å². The van der Waals surface area contributed by atoms with Crippen molar-refractivity contribution in [1.82, 2.24) is 0 Å².